The highest BCUT2D eigenvalue weighted by molar-refractivity contribution is 7.98. The van der Waals surface area contributed by atoms with Crippen LogP contribution in [0.15, 0.2) is 53.3 Å². The standard InChI is InChI=1S/C35H41N5O6S/c1-20(41)37-24-12-10-21-18-30(44-2)33(45-3)34(46-4)32(21)22-11-13-27(29(42)19-23(22)24)38-28(15-17-47-5)35(43)36-16-14-31-39-25-8-6-7-9-26(25)40-31/h6-9,11,13,18-19,24,28H,10,12,14-17H2,1-5H3,(H,36,43)(H,37,41)(H,38,42)(H,39,40). The number of imidazole rings is 1. The topological polar surface area (TPSA) is 144 Å². The fourth-order valence-corrected chi connectivity index (χ4v) is 6.54. The van der Waals surface area contributed by atoms with E-state index in [9.17, 15) is 14.4 Å². The van der Waals surface area contributed by atoms with Gasteiger partial charge in [-0.25, -0.2) is 4.98 Å². The monoisotopic (exact) mass is 659 g/mol. The molecule has 4 N–H and O–H groups in total. The van der Waals surface area contributed by atoms with Crippen LogP contribution in [0.1, 0.15) is 42.8 Å². The van der Waals surface area contributed by atoms with E-state index in [0.29, 0.717) is 55.0 Å². The quantitative estimate of drug-likeness (QED) is 0.162. The number of amides is 2. The summed E-state index contributed by atoms with van der Waals surface area (Å²) in [5.41, 5.74) is 4.87. The third-order valence-electron chi connectivity index (χ3n) is 8.27. The number of para-hydroxylation sites is 2. The molecule has 2 amide bonds. The van der Waals surface area contributed by atoms with Gasteiger partial charge in [-0.05, 0) is 78.3 Å². The Kier molecular flexibility index (Phi) is 10.9. The number of carbonyl (C=O) groups excluding carboxylic acids is 2. The third-order valence-corrected chi connectivity index (χ3v) is 8.92. The molecule has 0 saturated carbocycles. The highest BCUT2D eigenvalue weighted by Crippen LogP contribution is 2.50. The van der Waals surface area contributed by atoms with Gasteiger partial charge in [-0.3, -0.25) is 14.4 Å². The van der Waals surface area contributed by atoms with E-state index in [4.69, 9.17) is 14.2 Å². The van der Waals surface area contributed by atoms with Crippen LogP contribution in [0.5, 0.6) is 17.2 Å². The zero-order valence-corrected chi connectivity index (χ0v) is 28.1. The number of hydrogen-bond donors (Lipinski definition) is 4. The number of fused-ring (bicyclic) bond motifs is 4. The molecule has 1 aromatic heterocycles. The summed E-state index contributed by atoms with van der Waals surface area (Å²) in [6.45, 7) is 1.85. The molecule has 0 fully saturated rings. The highest BCUT2D eigenvalue weighted by Gasteiger charge is 2.30. The Morgan fingerprint density at radius 1 is 1.06 bits per heavy atom. The fraction of sp³-hybridized carbons (Fsp3) is 0.371. The van der Waals surface area contributed by atoms with Gasteiger partial charge in [0.15, 0.2) is 11.5 Å². The lowest BCUT2D eigenvalue weighted by Gasteiger charge is -2.19. The lowest BCUT2D eigenvalue weighted by atomic mass is 9.95. The van der Waals surface area contributed by atoms with E-state index in [2.05, 4.69) is 25.9 Å². The van der Waals surface area contributed by atoms with Crippen molar-refractivity contribution in [3.63, 3.8) is 0 Å². The number of nitrogens with zero attached hydrogens (tertiary/aromatic N) is 1. The van der Waals surface area contributed by atoms with Gasteiger partial charge in [0.1, 0.15) is 11.9 Å². The highest BCUT2D eigenvalue weighted by atomic mass is 32.2. The molecular formula is C35H41N5O6S. The van der Waals surface area contributed by atoms with Crippen LogP contribution in [0, 0.1) is 0 Å². The molecule has 11 nitrogen and oxygen atoms in total. The normalized spacial score (nSPS) is 14.3. The van der Waals surface area contributed by atoms with E-state index in [-0.39, 0.29) is 22.9 Å². The molecule has 1 aliphatic rings. The number of H-pyrrole nitrogens is 1. The molecule has 12 heteroatoms. The Hall–Kier alpha value is -4.71. The predicted octanol–water partition coefficient (Wildman–Crippen LogP) is 4.63. The number of methoxy groups -OCH3 is 3. The van der Waals surface area contributed by atoms with Crippen molar-refractivity contribution in [2.45, 2.75) is 44.7 Å². The minimum Gasteiger partial charge on any atom is -0.493 e. The second-order valence-electron chi connectivity index (χ2n) is 11.3. The minimum atomic E-state index is -0.648. The number of hydrogen-bond acceptors (Lipinski definition) is 9. The van der Waals surface area contributed by atoms with Crippen molar-refractivity contribution < 1.29 is 23.8 Å². The van der Waals surface area contributed by atoms with Crippen LogP contribution >= 0.6 is 11.8 Å². The molecule has 0 radical (unpaired) electrons. The van der Waals surface area contributed by atoms with Gasteiger partial charge in [-0.15, -0.1) is 0 Å². The Morgan fingerprint density at radius 2 is 1.85 bits per heavy atom. The van der Waals surface area contributed by atoms with Crippen LogP contribution in [-0.2, 0) is 22.4 Å². The molecule has 4 aromatic rings. The van der Waals surface area contributed by atoms with E-state index in [1.165, 1.54) is 6.92 Å². The number of benzene rings is 2. The number of ether oxygens (including phenoxy) is 3. The smallest absolute Gasteiger partial charge is 0.242 e. The van der Waals surface area contributed by atoms with E-state index in [1.807, 2.05) is 42.7 Å². The van der Waals surface area contributed by atoms with E-state index < -0.39 is 12.1 Å². The van der Waals surface area contributed by atoms with E-state index in [1.54, 1.807) is 45.2 Å². The maximum absolute atomic E-state index is 13.8. The SMILES string of the molecule is COc1cc2c(c(OC)c1OC)-c1ccc(NC(CCSC)C(=O)NCCc3nc4ccccc4[nH]3)c(=O)cc1C(NC(C)=O)CC2. The average molecular weight is 660 g/mol. The Bertz CT molecular complexity index is 1790. The zero-order chi connectivity index (χ0) is 33.5. The van der Waals surface area contributed by atoms with Crippen LogP contribution in [-0.4, -0.2) is 67.7 Å². The van der Waals surface area contributed by atoms with Crippen molar-refractivity contribution in [1.29, 1.82) is 0 Å². The van der Waals surface area contributed by atoms with Crippen LogP contribution in [0.4, 0.5) is 5.69 Å². The number of nitrogens with one attached hydrogen (secondary N) is 4. The Morgan fingerprint density at radius 3 is 2.55 bits per heavy atom. The fourth-order valence-electron chi connectivity index (χ4n) is 6.07. The van der Waals surface area contributed by atoms with Gasteiger partial charge in [-0.1, -0.05) is 18.2 Å². The zero-order valence-electron chi connectivity index (χ0n) is 27.3. The number of aromatic amines is 1. The van der Waals surface area contributed by atoms with Gasteiger partial charge in [0, 0.05) is 25.5 Å². The summed E-state index contributed by atoms with van der Waals surface area (Å²) in [5, 5.41) is 9.27. The van der Waals surface area contributed by atoms with Crippen LogP contribution in [0.2, 0.25) is 0 Å². The molecule has 3 aromatic carbocycles. The summed E-state index contributed by atoms with van der Waals surface area (Å²) in [6, 6.07) is 13.7. The molecule has 47 heavy (non-hydrogen) atoms. The summed E-state index contributed by atoms with van der Waals surface area (Å²) in [6.07, 6.45) is 4.17. The number of aromatic nitrogens is 2. The van der Waals surface area contributed by atoms with Crippen molar-refractivity contribution in [3.05, 3.63) is 75.7 Å². The van der Waals surface area contributed by atoms with Gasteiger partial charge >= 0.3 is 0 Å². The van der Waals surface area contributed by atoms with Crippen LogP contribution < -0.4 is 35.6 Å². The second kappa shape index (κ2) is 15.3. The molecule has 248 valence electrons. The molecule has 0 aliphatic heterocycles. The summed E-state index contributed by atoms with van der Waals surface area (Å²) < 4.78 is 17.2. The number of carbonyl (C=O) groups is 2. The predicted molar refractivity (Wildman–Crippen MR) is 186 cm³/mol. The van der Waals surface area contributed by atoms with Crippen molar-refractivity contribution >= 4 is 40.3 Å². The van der Waals surface area contributed by atoms with Crippen molar-refractivity contribution in [2.75, 3.05) is 45.2 Å². The third kappa shape index (κ3) is 7.48. The summed E-state index contributed by atoms with van der Waals surface area (Å²) >= 11 is 1.63. The molecule has 0 saturated heterocycles. The van der Waals surface area contributed by atoms with E-state index >= 15 is 0 Å². The van der Waals surface area contributed by atoms with Crippen molar-refractivity contribution in [3.8, 4) is 28.4 Å². The molecular weight excluding hydrogens is 618 g/mol. The van der Waals surface area contributed by atoms with E-state index in [0.717, 1.165) is 39.3 Å². The number of rotatable bonds is 13. The number of thioether (sulfide) groups is 1. The average Bonchev–Trinajstić information content (AvgIpc) is 3.34. The molecule has 2 atom stereocenters. The lowest BCUT2D eigenvalue weighted by molar-refractivity contribution is -0.122. The van der Waals surface area contributed by atoms with Gasteiger partial charge < -0.3 is 35.1 Å². The minimum absolute atomic E-state index is 0.206. The van der Waals surface area contributed by atoms with Crippen LogP contribution in [0.3, 0.4) is 0 Å². The Balaban J connectivity index is 1.48. The first kappa shape index (κ1) is 33.6. The first-order valence-electron chi connectivity index (χ1n) is 15.5. The van der Waals surface area contributed by atoms with Crippen molar-refractivity contribution in [2.24, 2.45) is 0 Å². The largest absolute Gasteiger partial charge is 0.493 e. The maximum atomic E-state index is 13.8. The molecule has 1 aliphatic carbocycles. The van der Waals surface area contributed by atoms with Gasteiger partial charge in [0.2, 0.25) is 23.0 Å². The first-order chi connectivity index (χ1) is 22.8. The van der Waals surface area contributed by atoms with Gasteiger partial charge in [0.25, 0.3) is 0 Å². The first-order valence-corrected chi connectivity index (χ1v) is 16.9. The van der Waals surface area contributed by atoms with Crippen molar-refractivity contribution in [1.82, 2.24) is 20.6 Å². The van der Waals surface area contributed by atoms with Crippen LogP contribution in [0.25, 0.3) is 22.2 Å². The number of aryl methyl sites for hydroxylation is 1. The molecule has 2 unspecified atom stereocenters. The second-order valence-corrected chi connectivity index (χ2v) is 12.3. The van der Waals surface area contributed by atoms with Gasteiger partial charge in [0.05, 0.1) is 44.1 Å². The summed E-state index contributed by atoms with van der Waals surface area (Å²) in [5.74, 6) is 2.53. The number of anilines is 1. The lowest BCUT2D eigenvalue weighted by Crippen LogP contribution is -2.41. The summed E-state index contributed by atoms with van der Waals surface area (Å²) in [7, 11) is 4.67. The summed E-state index contributed by atoms with van der Waals surface area (Å²) in [4.78, 5) is 47.5. The molecule has 5 rings (SSSR count). The molecule has 0 bridgehead atoms. The maximum Gasteiger partial charge on any atom is 0.242 e. The Labute approximate surface area is 278 Å². The molecule has 1 heterocycles. The van der Waals surface area contributed by atoms with Gasteiger partial charge in [-0.2, -0.15) is 11.8 Å². The molecule has 0 spiro atoms.